The van der Waals surface area contributed by atoms with Gasteiger partial charge in [-0.05, 0) is 24.1 Å². The highest BCUT2D eigenvalue weighted by Gasteiger charge is 2.31. The molecule has 3 nitrogen and oxygen atoms in total. The molecule has 0 aromatic heterocycles. The van der Waals surface area contributed by atoms with E-state index in [1.807, 2.05) is 17.0 Å². The number of halogens is 1. The van der Waals surface area contributed by atoms with Crippen molar-refractivity contribution in [1.82, 2.24) is 4.90 Å². The van der Waals surface area contributed by atoms with Gasteiger partial charge in [-0.3, -0.25) is 4.90 Å². The highest BCUT2D eigenvalue weighted by molar-refractivity contribution is 5.32. The van der Waals surface area contributed by atoms with Crippen LogP contribution in [-0.2, 0) is 6.54 Å². The van der Waals surface area contributed by atoms with Gasteiger partial charge in [0.2, 0.25) is 0 Å². The Morgan fingerprint density at radius 1 is 1.53 bits per heavy atom. The molecule has 0 unspecified atom stereocenters. The van der Waals surface area contributed by atoms with E-state index in [1.54, 1.807) is 12.1 Å². The number of likely N-dealkylation sites (tertiary alicyclic amines) is 1. The van der Waals surface area contributed by atoms with E-state index in [1.165, 1.54) is 0 Å². The molecule has 1 fully saturated rings. The fourth-order valence-corrected chi connectivity index (χ4v) is 2.28. The highest BCUT2D eigenvalue weighted by atomic mass is 19.1. The lowest BCUT2D eigenvalue weighted by molar-refractivity contribution is 0.153. The van der Waals surface area contributed by atoms with Gasteiger partial charge in [0.25, 0.3) is 0 Å². The molecule has 0 spiro atoms. The lowest BCUT2D eigenvalue weighted by Gasteiger charge is -2.22. The van der Waals surface area contributed by atoms with Crippen LogP contribution in [0, 0.1) is 11.3 Å². The smallest absolute Gasteiger partial charge is 0.114 e. The van der Waals surface area contributed by atoms with Gasteiger partial charge in [0.15, 0.2) is 0 Å². The summed E-state index contributed by atoms with van der Waals surface area (Å²) in [6.07, 6.45) is -0.458. The van der Waals surface area contributed by atoms with Gasteiger partial charge in [-0.1, -0.05) is 12.1 Å². The average molecular weight is 234 g/mol. The molecule has 0 saturated carbocycles. The first-order chi connectivity index (χ1) is 8.22. The van der Waals surface area contributed by atoms with Crippen molar-refractivity contribution >= 4 is 0 Å². The van der Waals surface area contributed by atoms with Crippen LogP contribution < -0.4 is 0 Å². The Balaban J connectivity index is 2.07. The SMILES string of the molecule is N#Cc1cccc(CN2C[C@@H](F)C[C@H]2CO)c1. The van der Waals surface area contributed by atoms with E-state index in [2.05, 4.69) is 6.07 Å². The van der Waals surface area contributed by atoms with E-state index in [4.69, 9.17) is 5.26 Å². The van der Waals surface area contributed by atoms with Gasteiger partial charge in [0.1, 0.15) is 6.17 Å². The molecule has 1 aromatic carbocycles. The molecule has 1 saturated heterocycles. The molecule has 2 rings (SSSR count). The number of benzene rings is 1. The fourth-order valence-electron chi connectivity index (χ4n) is 2.28. The van der Waals surface area contributed by atoms with Crippen LogP contribution in [-0.4, -0.2) is 35.4 Å². The zero-order chi connectivity index (χ0) is 12.3. The zero-order valence-corrected chi connectivity index (χ0v) is 9.51. The second-order valence-electron chi connectivity index (χ2n) is 4.41. The predicted octanol–water partition coefficient (Wildman–Crippen LogP) is 1.46. The van der Waals surface area contributed by atoms with Gasteiger partial charge in [-0.2, -0.15) is 5.26 Å². The Hall–Kier alpha value is -1.44. The Morgan fingerprint density at radius 3 is 3.06 bits per heavy atom. The summed E-state index contributed by atoms with van der Waals surface area (Å²) in [7, 11) is 0. The van der Waals surface area contributed by atoms with Crippen LogP contribution in [0.15, 0.2) is 24.3 Å². The van der Waals surface area contributed by atoms with Gasteiger partial charge in [0.05, 0.1) is 18.2 Å². The third-order valence-corrected chi connectivity index (χ3v) is 3.13. The van der Waals surface area contributed by atoms with Crippen LogP contribution in [0.4, 0.5) is 4.39 Å². The summed E-state index contributed by atoms with van der Waals surface area (Å²) < 4.78 is 13.3. The summed E-state index contributed by atoms with van der Waals surface area (Å²) in [5.41, 5.74) is 1.59. The number of nitrogens with zero attached hydrogens (tertiary/aromatic N) is 2. The molecular weight excluding hydrogens is 219 g/mol. The Morgan fingerprint density at radius 2 is 2.35 bits per heavy atom. The topological polar surface area (TPSA) is 47.3 Å². The second kappa shape index (κ2) is 5.26. The monoisotopic (exact) mass is 234 g/mol. The van der Waals surface area contributed by atoms with Crippen molar-refractivity contribution in [3.05, 3.63) is 35.4 Å². The summed E-state index contributed by atoms with van der Waals surface area (Å²) in [5, 5.41) is 18.0. The largest absolute Gasteiger partial charge is 0.395 e. The Bertz CT molecular complexity index is 430. The Labute approximate surface area is 100 Å². The number of nitriles is 1. The second-order valence-corrected chi connectivity index (χ2v) is 4.41. The molecule has 1 heterocycles. The molecular formula is C13H15FN2O. The molecule has 1 N–H and O–H groups in total. The number of aliphatic hydroxyl groups excluding tert-OH is 1. The van der Waals surface area contributed by atoms with Crippen molar-refractivity contribution in [2.24, 2.45) is 0 Å². The third-order valence-electron chi connectivity index (χ3n) is 3.13. The molecule has 1 aromatic rings. The molecule has 90 valence electrons. The van der Waals surface area contributed by atoms with Crippen LogP contribution in [0.2, 0.25) is 0 Å². The predicted molar refractivity (Wildman–Crippen MR) is 62.0 cm³/mol. The normalized spacial score (nSPS) is 24.8. The maximum absolute atomic E-state index is 13.3. The van der Waals surface area contributed by atoms with E-state index in [9.17, 15) is 9.50 Å². The van der Waals surface area contributed by atoms with E-state index < -0.39 is 6.17 Å². The van der Waals surface area contributed by atoms with E-state index in [-0.39, 0.29) is 12.6 Å². The molecule has 0 bridgehead atoms. The molecule has 4 heteroatoms. The average Bonchev–Trinajstić information content (AvgIpc) is 2.69. The molecule has 2 atom stereocenters. The third kappa shape index (κ3) is 2.82. The minimum absolute atomic E-state index is 0.0155. The molecule has 0 radical (unpaired) electrons. The summed E-state index contributed by atoms with van der Waals surface area (Å²) >= 11 is 0. The first kappa shape index (κ1) is 12.0. The Kier molecular flexibility index (Phi) is 3.72. The first-order valence-electron chi connectivity index (χ1n) is 5.71. The van der Waals surface area contributed by atoms with E-state index in [0.29, 0.717) is 25.1 Å². The molecule has 17 heavy (non-hydrogen) atoms. The standard InChI is InChI=1S/C13H15FN2O/c14-12-5-13(9-17)16(8-12)7-11-3-1-2-10(4-11)6-15/h1-4,12-13,17H,5,7-9H2/t12-,13-/m0/s1. The van der Waals surface area contributed by atoms with E-state index >= 15 is 0 Å². The number of hydrogen-bond acceptors (Lipinski definition) is 3. The van der Waals surface area contributed by atoms with Crippen molar-refractivity contribution in [2.45, 2.75) is 25.2 Å². The number of rotatable bonds is 3. The van der Waals surface area contributed by atoms with Crippen molar-refractivity contribution < 1.29 is 9.50 Å². The lowest BCUT2D eigenvalue weighted by Crippen LogP contribution is -2.31. The summed E-state index contributed by atoms with van der Waals surface area (Å²) in [6, 6.07) is 9.28. The van der Waals surface area contributed by atoms with Gasteiger partial charge < -0.3 is 5.11 Å². The molecule has 0 amide bonds. The quantitative estimate of drug-likeness (QED) is 0.861. The van der Waals surface area contributed by atoms with E-state index in [0.717, 1.165) is 5.56 Å². The summed E-state index contributed by atoms with van der Waals surface area (Å²) in [5.74, 6) is 0. The molecule has 1 aliphatic rings. The van der Waals surface area contributed by atoms with Gasteiger partial charge in [0, 0.05) is 19.1 Å². The maximum Gasteiger partial charge on any atom is 0.114 e. The first-order valence-corrected chi connectivity index (χ1v) is 5.71. The number of hydrogen-bond donors (Lipinski definition) is 1. The van der Waals surface area contributed by atoms with Crippen LogP contribution in [0.3, 0.4) is 0 Å². The summed E-state index contributed by atoms with van der Waals surface area (Å²) in [6.45, 7) is 0.932. The lowest BCUT2D eigenvalue weighted by atomic mass is 10.1. The number of aliphatic hydroxyl groups is 1. The minimum Gasteiger partial charge on any atom is -0.395 e. The minimum atomic E-state index is -0.855. The summed E-state index contributed by atoms with van der Waals surface area (Å²) in [4.78, 5) is 1.93. The van der Waals surface area contributed by atoms with Crippen molar-refractivity contribution in [3.8, 4) is 6.07 Å². The van der Waals surface area contributed by atoms with Gasteiger partial charge in [-0.25, -0.2) is 4.39 Å². The van der Waals surface area contributed by atoms with Crippen LogP contribution >= 0.6 is 0 Å². The van der Waals surface area contributed by atoms with Crippen LogP contribution in [0.25, 0.3) is 0 Å². The number of alkyl halides is 1. The van der Waals surface area contributed by atoms with Crippen molar-refractivity contribution in [2.75, 3.05) is 13.2 Å². The maximum atomic E-state index is 13.3. The highest BCUT2D eigenvalue weighted by Crippen LogP contribution is 2.22. The van der Waals surface area contributed by atoms with Crippen LogP contribution in [0.1, 0.15) is 17.5 Å². The van der Waals surface area contributed by atoms with Crippen LogP contribution in [0.5, 0.6) is 0 Å². The van der Waals surface area contributed by atoms with Gasteiger partial charge >= 0.3 is 0 Å². The zero-order valence-electron chi connectivity index (χ0n) is 9.51. The van der Waals surface area contributed by atoms with Crippen molar-refractivity contribution in [3.63, 3.8) is 0 Å². The van der Waals surface area contributed by atoms with Gasteiger partial charge in [-0.15, -0.1) is 0 Å². The molecule has 1 aliphatic heterocycles. The fraction of sp³-hybridized carbons (Fsp3) is 0.462. The van der Waals surface area contributed by atoms with Crippen molar-refractivity contribution in [1.29, 1.82) is 5.26 Å². The molecule has 0 aliphatic carbocycles.